The molecule has 1 saturated carbocycles. The van der Waals surface area contributed by atoms with Crippen LogP contribution >= 0.6 is 0 Å². The Labute approximate surface area is 107 Å². The van der Waals surface area contributed by atoms with Gasteiger partial charge in [0, 0.05) is 7.05 Å². The summed E-state index contributed by atoms with van der Waals surface area (Å²) in [5.41, 5.74) is 5.92. The highest BCUT2D eigenvalue weighted by Gasteiger charge is 2.27. The lowest BCUT2D eigenvalue weighted by molar-refractivity contribution is 0.106. The van der Waals surface area contributed by atoms with Gasteiger partial charge >= 0.3 is 0 Å². The van der Waals surface area contributed by atoms with Crippen molar-refractivity contribution in [2.24, 2.45) is 5.73 Å². The van der Waals surface area contributed by atoms with Gasteiger partial charge in [0.05, 0.1) is 12.1 Å². The number of hydrogen-bond acceptors (Lipinski definition) is 4. The molecule has 5 nitrogen and oxygen atoms in total. The standard InChI is InChI=1S/C13H20N4O/c1-17(10-6-2-3-7-11(10)18)12-8-4-5-9(16-12)13(14)15/h4-5,8,10-11,18H,2-3,6-7H2,1H3,(H3,14,15). The maximum absolute atomic E-state index is 10.0. The summed E-state index contributed by atoms with van der Waals surface area (Å²) >= 11 is 0. The van der Waals surface area contributed by atoms with E-state index >= 15 is 0 Å². The van der Waals surface area contributed by atoms with Crippen molar-refractivity contribution < 1.29 is 5.11 Å². The van der Waals surface area contributed by atoms with Gasteiger partial charge in [-0.2, -0.15) is 0 Å². The summed E-state index contributed by atoms with van der Waals surface area (Å²) < 4.78 is 0. The monoisotopic (exact) mass is 248 g/mol. The van der Waals surface area contributed by atoms with Crippen molar-refractivity contribution >= 4 is 11.7 Å². The van der Waals surface area contributed by atoms with Gasteiger partial charge in [-0.05, 0) is 25.0 Å². The Morgan fingerprint density at radius 1 is 1.44 bits per heavy atom. The van der Waals surface area contributed by atoms with Crippen LogP contribution in [0.1, 0.15) is 31.4 Å². The first kappa shape index (κ1) is 12.8. The van der Waals surface area contributed by atoms with Crippen molar-refractivity contribution in [3.8, 4) is 0 Å². The molecule has 2 rings (SSSR count). The van der Waals surface area contributed by atoms with E-state index in [1.54, 1.807) is 6.07 Å². The highest BCUT2D eigenvalue weighted by molar-refractivity contribution is 5.93. The molecule has 0 saturated heterocycles. The molecule has 0 bridgehead atoms. The van der Waals surface area contributed by atoms with E-state index in [1.807, 2.05) is 24.1 Å². The Bertz CT molecular complexity index is 435. The third-order valence-corrected chi connectivity index (χ3v) is 3.56. The van der Waals surface area contributed by atoms with Gasteiger partial charge in [-0.15, -0.1) is 0 Å². The van der Waals surface area contributed by atoms with E-state index in [-0.39, 0.29) is 18.0 Å². The first-order valence-corrected chi connectivity index (χ1v) is 6.32. The summed E-state index contributed by atoms with van der Waals surface area (Å²) in [4.78, 5) is 6.34. The first-order chi connectivity index (χ1) is 8.59. The van der Waals surface area contributed by atoms with E-state index in [0.29, 0.717) is 5.69 Å². The average Bonchev–Trinajstić information content (AvgIpc) is 2.38. The van der Waals surface area contributed by atoms with Gasteiger partial charge in [0.25, 0.3) is 0 Å². The highest BCUT2D eigenvalue weighted by atomic mass is 16.3. The minimum Gasteiger partial charge on any atom is -0.391 e. The largest absolute Gasteiger partial charge is 0.391 e. The molecule has 0 aromatic carbocycles. The van der Waals surface area contributed by atoms with Crippen molar-refractivity contribution in [3.63, 3.8) is 0 Å². The second kappa shape index (κ2) is 5.35. The number of anilines is 1. The van der Waals surface area contributed by atoms with Crippen molar-refractivity contribution in [3.05, 3.63) is 23.9 Å². The number of aliphatic hydroxyl groups excluding tert-OH is 1. The molecule has 0 aliphatic heterocycles. The summed E-state index contributed by atoms with van der Waals surface area (Å²) in [6, 6.07) is 5.55. The fourth-order valence-corrected chi connectivity index (χ4v) is 2.48. The lowest BCUT2D eigenvalue weighted by Crippen LogP contribution is -2.44. The molecule has 0 amide bonds. The molecular formula is C13H20N4O. The van der Waals surface area contributed by atoms with E-state index in [2.05, 4.69) is 4.98 Å². The SMILES string of the molecule is CN(c1cccc(C(=N)N)n1)C1CCCCC1O. The Morgan fingerprint density at radius 2 is 2.17 bits per heavy atom. The molecule has 1 aliphatic rings. The number of nitrogens with zero attached hydrogens (tertiary/aromatic N) is 2. The number of pyridine rings is 1. The number of likely N-dealkylation sites (N-methyl/N-ethyl adjacent to an activating group) is 1. The van der Waals surface area contributed by atoms with Crippen molar-refractivity contribution in [2.45, 2.75) is 37.8 Å². The normalized spacial score (nSPS) is 23.7. The number of amidine groups is 1. The summed E-state index contributed by atoms with van der Waals surface area (Å²) in [5.74, 6) is 0.725. The van der Waals surface area contributed by atoms with Gasteiger partial charge in [0.2, 0.25) is 0 Å². The van der Waals surface area contributed by atoms with Gasteiger partial charge in [-0.1, -0.05) is 18.9 Å². The zero-order valence-electron chi connectivity index (χ0n) is 10.6. The third kappa shape index (κ3) is 2.61. The predicted octanol–water partition coefficient (Wildman–Crippen LogP) is 1.11. The minimum atomic E-state index is -0.300. The molecule has 2 unspecified atom stereocenters. The second-order valence-electron chi connectivity index (χ2n) is 4.82. The van der Waals surface area contributed by atoms with Gasteiger partial charge in [-0.3, -0.25) is 5.41 Å². The fraction of sp³-hybridized carbons (Fsp3) is 0.538. The third-order valence-electron chi connectivity index (χ3n) is 3.56. The van der Waals surface area contributed by atoms with E-state index in [1.165, 1.54) is 0 Å². The van der Waals surface area contributed by atoms with Gasteiger partial charge in [0.15, 0.2) is 0 Å². The number of nitrogens with one attached hydrogen (secondary N) is 1. The van der Waals surface area contributed by atoms with Gasteiger partial charge in [0.1, 0.15) is 17.3 Å². The second-order valence-corrected chi connectivity index (χ2v) is 4.82. The molecule has 18 heavy (non-hydrogen) atoms. The average molecular weight is 248 g/mol. The minimum absolute atomic E-state index is 0.0329. The van der Waals surface area contributed by atoms with E-state index in [0.717, 1.165) is 31.5 Å². The van der Waals surface area contributed by atoms with Crippen molar-refractivity contribution in [2.75, 3.05) is 11.9 Å². The predicted molar refractivity (Wildman–Crippen MR) is 71.9 cm³/mol. The molecule has 98 valence electrons. The van der Waals surface area contributed by atoms with Gasteiger partial charge < -0.3 is 15.7 Å². The van der Waals surface area contributed by atoms with Crippen LogP contribution in [0.15, 0.2) is 18.2 Å². The molecule has 0 spiro atoms. The molecule has 1 aromatic heterocycles. The Kier molecular flexibility index (Phi) is 3.81. The Hall–Kier alpha value is -1.62. The number of aromatic nitrogens is 1. The molecule has 2 atom stereocenters. The molecule has 1 heterocycles. The fourth-order valence-electron chi connectivity index (χ4n) is 2.48. The van der Waals surface area contributed by atoms with E-state index in [4.69, 9.17) is 11.1 Å². The maximum atomic E-state index is 10.0. The number of nitrogens with two attached hydrogens (primary N) is 1. The molecule has 4 N–H and O–H groups in total. The molecule has 5 heteroatoms. The van der Waals surface area contributed by atoms with Crippen molar-refractivity contribution in [1.29, 1.82) is 5.41 Å². The van der Waals surface area contributed by atoms with Crippen LogP contribution in [0.25, 0.3) is 0 Å². The van der Waals surface area contributed by atoms with Crippen molar-refractivity contribution in [1.82, 2.24) is 4.98 Å². The highest BCUT2D eigenvalue weighted by Crippen LogP contribution is 2.25. The Morgan fingerprint density at radius 3 is 2.83 bits per heavy atom. The topological polar surface area (TPSA) is 86.2 Å². The molecule has 1 aromatic rings. The summed E-state index contributed by atoms with van der Waals surface area (Å²) in [6.45, 7) is 0. The molecular weight excluding hydrogens is 228 g/mol. The Balaban J connectivity index is 2.19. The molecule has 1 aliphatic carbocycles. The number of nitrogen functional groups attached to an aromatic ring is 1. The van der Waals surface area contributed by atoms with Crippen LogP contribution in [-0.4, -0.2) is 35.1 Å². The van der Waals surface area contributed by atoms with Crippen LogP contribution in [0, 0.1) is 5.41 Å². The summed E-state index contributed by atoms with van der Waals surface area (Å²) in [7, 11) is 1.94. The number of rotatable bonds is 3. The summed E-state index contributed by atoms with van der Waals surface area (Å²) in [5, 5.41) is 17.4. The first-order valence-electron chi connectivity index (χ1n) is 6.32. The zero-order valence-corrected chi connectivity index (χ0v) is 10.6. The maximum Gasteiger partial charge on any atom is 0.141 e. The summed E-state index contributed by atoms with van der Waals surface area (Å²) in [6.07, 6.45) is 3.75. The number of aliphatic hydroxyl groups is 1. The molecule has 0 radical (unpaired) electrons. The van der Waals surface area contributed by atoms with Crippen LogP contribution in [-0.2, 0) is 0 Å². The quantitative estimate of drug-likeness (QED) is 0.552. The van der Waals surface area contributed by atoms with Gasteiger partial charge in [-0.25, -0.2) is 4.98 Å². The van der Waals surface area contributed by atoms with E-state index < -0.39 is 0 Å². The van der Waals surface area contributed by atoms with Crippen LogP contribution in [0.3, 0.4) is 0 Å². The smallest absolute Gasteiger partial charge is 0.141 e. The van der Waals surface area contributed by atoms with Crippen LogP contribution < -0.4 is 10.6 Å². The molecule has 1 fully saturated rings. The lowest BCUT2D eigenvalue weighted by Gasteiger charge is -2.36. The lowest BCUT2D eigenvalue weighted by atomic mass is 9.91. The van der Waals surface area contributed by atoms with Crippen LogP contribution in [0.4, 0.5) is 5.82 Å². The number of hydrogen-bond donors (Lipinski definition) is 3. The zero-order chi connectivity index (χ0) is 13.1. The van der Waals surface area contributed by atoms with Crippen LogP contribution in [0.2, 0.25) is 0 Å². The van der Waals surface area contributed by atoms with Crippen LogP contribution in [0.5, 0.6) is 0 Å². The van der Waals surface area contributed by atoms with E-state index in [9.17, 15) is 5.11 Å².